The first-order valence-corrected chi connectivity index (χ1v) is 11.4. The zero-order valence-corrected chi connectivity index (χ0v) is 18.1. The number of sulfonamides is 1. The van der Waals surface area contributed by atoms with E-state index in [4.69, 9.17) is 4.74 Å². The van der Waals surface area contributed by atoms with Crippen molar-refractivity contribution in [2.45, 2.75) is 24.3 Å². The highest BCUT2D eigenvalue weighted by Gasteiger charge is 2.45. The maximum absolute atomic E-state index is 12.9. The summed E-state index contributed by atoms with van der Waals surface area (Å²) in [5.41, 5.74) is 0.557. The predicted molar refractivity (Wildman–Crippen MR) is 112 cm³/mol. The minimum absolute atomic E-state index is 0.0803. The van der Waals surface area contributed by atoms with Crippen LogP contribution in [-0.4, -0.2) is 66.5 Å². The Hall–Kier alpha value is -2.59. The molecule has 9 nitrogen and oxygen atoms in total. The van der Waals surface area contributed by atoms with Crippen LogP contribution in [0.5, 0.6) is 5.75 Å². The van der Waals surface area contributed by atoms with E-state index < -0.39 is 10.0 Å². The molecule has 1 aromatic heterocycles. The van der Waals surface area contributed by atoms with Gasteiger partial charge in [0.25, 0.3) is 10.0 Å². The lowest BCUT2D eigenvalue weighted by Gasteiger charge is -2.39. The highest BCUT2D eigenvalue weighted by molar-refractivity contribution is 7.89. The largest absolute Gasteiger partial charge is 0.495 e. The summed E-state index contributed by atoms with van der Waals surface area (Å²) in [6.45, 7) is 2.16. The quantitative estimate of drug-likeness (QED) is 0.797. The molecule has 4 rings (SSSR count). The molecule has 3 heterocycles. The number of aromatic nitrogens is 2. The molecule has 2 aliphatic heterocycles. The number of nitrogens with one attached hydrogen (secondary N) is 1. The molecule has 1 N–H and O–H groups in total. The first-order valence-electron chi connectivity index (χ1n) is 10.0. The molecule has 0 atom stereocenters. The second-order valence-electron chi connectivity index (χ2n) is 8.08. The van der Waals surface area contributed by atoms with Gasteiger partial charge in [-0.3, -0.25) is 0 Å². The van der Waals surface area contributed by atoms with Gasteiger partial charge in [-0.15, -0.1) is 0 Å². The van der Waals surface area contributed by atoms with Crippen molar-refractivity contribution in [3.05, 3.63) is 36.8 Å². The number of methoxy groups -OCH3 is 1. The third-order valence-corrected chi connectivity index (χ3v) is 7.88. The molecule has 2 saturated heterocycles. The Morgan fingerprint density at radius 2 is 1.87 bits per heavy atom. The van der Waals surface area contributed by atoms with Crippen LogP contribution in [0.2, 0.25) is 0 Å². The molecule has 162 valence electrons. The topological polar surface area (TPSA) is 96.8 Å². The fourth-order valence-electron chi connectivity index (χ4n) is 4.29. The van der Waals surface area contributed by atoms with Crippen LogP contribution in [0.1, 0.15) is 19.3 Å². The fourth-order valence-corrected chi connectivity index (χ4v) is 5.81. The number of hydrogen-bond donors (Lipinski definition) is 1. The number of anilines is 1. The standard InChI is InChI=1S/C20H27N5O4S/c1-23-13-18(21-15-23)30(27,28)25-12-9-20(14-25)7-10-24(11-8-20)19(26)22-16-5-3-4-6-17(16)29-2/h3-6,13,15H,7-12,14H2,1-2H3,(H,22,26). The van der Waals surface area contributed by atoms with Crippen LogP contribution in [0.4, 0.5) is 10.5 Å². The van der Waals surface area contributed by atoms with E-state index in [2.05, 4.69) is 10.3 Å². The summed E-state index contributed by atoms with van der Waals surface area (Å²) >= 11 is 0. The number of hydrogen-bond acceptors (Lipinski definition) is 5. The Balaban J connectivity index is 1.37. The first-order chi connectivity index (χ1) is 14.3. The van der Waals surface area contributed by atoms with E-state index >= 15 is 0 Å². The Morgan fingerprint density at radius 3 is 2.53 bits per heavy atom. The molecule has 1 spiro atoms. The molecule has 1 aromatic carbocycles. The van der Waals surface area contributed by atoms with Crippen LogP contribution in [-0.2, 0) is 17.1 Å². The Bertz CT molecular complexity index is 1030. The Kier molecular flexibility index (Phi) is 5.46. The molecule has 0 bridgehead atoms. The lowest BCUT2D eigenvalue weighted by atomic mass is 9.78. The van der Waals surface area contributed by atoms with Crippen molar-refractivity contribution >= 4 is 21.7 Å². The summed E-state index contributed by atoms with van der Waals surface area (Å²) in [6.07, 6.45) is 5.39. The molecule has 10 heteroatoms. The van der Waals surface area contributed by atoms with Crippen molar-refractivity contribution in [3.8, 4) is 5.75 Å². The first kappa shape index (κ1) is 20.7. The number of imidazole rings is 1. The van der Waals surface area contributed by atoms with E-state index in [9.17, 15) is 13.2 Å². The number of carbonyl (C=O) groups is 1. The van der Waals surface area contributed by atoms with Crippen LogP contribution < -0.4 is 10.1 Å². The highest BCUT2D eigenvalue weighted by Crippen LogP contribution is 2.42. The number of nitrogens with zero attached hydrogens (tertiary/aromatic N) is 4. The van der Waals surface area contributed by atoms with Crippen molar-refractivity contribution in [2.75, 3.05) is 38.6 Å². The molecule has 0 radical (unpaired) electrons. The zero-order valence-electron chi connectivity index (χ0n) is 17.2. The van der Waals surface area contributed by atoms with Crippen molar-refractivity contribution < 1.29 is 17.9 Å². The summed E-state index contributed by atoms with van der Waals surface area (Å²) < 4.78 is 34.2. The molecule has 2 fully saturated rings. The van der Waals surface area contributed by atoms with Gasteiger partial charge >= 0.3 is 6.03 Å². The van der Waals surface area contributed by atoms with Crippen molar-refractivity contribution in [1.82, 2.24) is 18.8 Å². The fraction of sp³-hybridized carbons (Fsp3) is 0.500. The van der Waals surface area contributed by atoms with E-state index in [0.29, 0.717) is 37.6 Å². The minimum Gasteiger partial charge on any atom is -0.495 e. The van der Waals surface area contributed by atoms with Crippen LogP contribution in [0.3, 0.4) is 0 Å². The van der Waals surface area contributed by atoms with Gasteiger partial charge in [0.2, 0.25) is 0 Å². The number of benzene rings is 1. The average molecular weight is 434 g/mol. The minimum atomic E-state index is -3.58. The van der Waals surface area contributed by atoms with Crippen LogP contribution >= 0.6 is 0 Å². The van der Waals surface area contributed by atoms with Gasteiger partial charge in [-0.05, 0) is 36.8 Å². The van der Waals surface area contributed by atoms with Gasteiger partial charge in [0.15, 0.2) is 5.03 Å². The van der Waals surface area contributed by atoms with E-state index in [0.717, 1.165) is 19.3 Å². The Labute approximate surface area is 176 Å². The van der Waals surface area contributed by atoms with E-state index in [1.807, 2.05) is 12.1 Å². The second kappa shape index (κ2) is 7.92. The number of piperidine rings is 1. The molecule has 2 amide bonds. The molecule has 2 aromatic rings. The van der Waals surface area contributed by atoms with Gasteiger partial charge in [0.1, 0.15) is 5.75 Å². The summed E-state index contributed by atoms with van der Waals surface area (Å²) in [5, 5.41) is 3.01. The molecule has 0 saturated carbocycles. The maximum atomic E-state index is 12.9. The molecule has 2 aliphatic rings. The van der Waals surface area contributed by atoms with Crippen molar-refractivity contribution in [1.29, 1.82) is 0 Å². The SMILES string of the molecule is COc1ccccc1NC(=O)N1CCC2(CC1)CCN(S(=O)(=O)c1cn(C)cn1)C2. The van der Waals surface area contributed by atoms with E-state index in [-0.39, 0.29) is 16.5 Å². The number of ether oxygens (including phenoxy) is 1. The molecular formula is C20H27N5O4S. The third-order valence-electron chi connectivity index (χ3n) is 6.15. The van der Waals surface area contributed by atoms with E-state index in [1.54, 1.807) is 40.1 Å². The van der Waals surface area contributed by atoms with Crippen LogP contribution in [0, 0.1) is 5.41 Å². The number of likely N-dealkylation sites (tertiary alicyclic amines) is 1. The van der Waals surface area contributed by atoms with Gasteiger partial charge in [-0.2, -0.15) is 4.31 Å². The summed E-state index contributed by atoms with van der Waals surface area (Å²) in [5.74, 6) is 0.616. The molecule has 30 heavy (non-hydrogen) atoms. The number of urea groups is 1. The summed E-state index contributed by atoms with van der Waals surface area (Å²) in [4.78, 5) is 18.5. The number of carbonyl (C=O) groups excluding carboxylic acids is 1. The number of para-hydroxylation sites is 2. The molecule has 0 unspecified atom stereocenters. The lowest BCUT2D eigenvalue weighted by Crippen LogP contribution is -2.46. The third kappa shape index (κ3) is 3.89. The van der Waals surface area contributed by atoms with Crippen molar-refractivity contribution in [2.24, 2.45) is 12.5 Å². The van der Waals surface area contributed by atoms with Gasteiger partial charge < -0.3 is 19.5 Å². The van der Waals surface area contributed by atoms with E-state index in [1.165, 1.54) is 12.5 Å². The molecular weight excluding hydrogens is 406 g/mol. The monoisotopic (exact) mass is 433 g/mol. The lowest BCUT2D eigenvalue weighted by molar-refractivity contribution is 0.132. The Morgan fingerprint density at radius 1 is 1.17 bits per heavy atom. The number of rotatable bonds is 4. The highest BCUT2D eigenvalue weighted by atomic mass is 32.2. The van der Waals surface area contributed by atoms with Gasteiger partial charge in [0, 0.05) is 39.4 Å². The smallest absolute Gasteiger partial charge is 0.321 e. The van der Waals surface area contributed by atoms with Gasteiger partial charge in [-0.1, -0.05) is 12.1 Å². The normalized spacial score (nSPS) is 19.2. The van der Waals surface area contributed by atoms with Gasteiger partial charge in [0.05, 0.1) is 19.1 Å². The summed E-state index contributed by atoms with van der Waals surface area (Å²) in [6, 6.07) is 7.14. The van der Waals surface area contributed by atoms with Crippen LogP contribution in [0.15, 0.2) is 41.8 Å². The summed E-state index contributed by atoms with van der Waals surface area (Å²) in [7, 11) is -0.254. The average Bonchev–Trinajstić information content (AvgIpc) is 3.36. The van der Waals surface area contributed by atoms with Crippen molar-refractivity contribution in [3.63, 3.8) is 0 Å². The van der Waals surface area contributed by atoms with Gasteiger partial charge in [-0.25, -0.2) is 18.2 Å². The zero-order chi connectivity index (χ0) is 21.4. The predicted octanol–water partition coefficient (Wildman–Crippen LogP) is 2.14. The number of aryl methyl sites for hydroxylation is 1. The second-order valence-corrected chi connectivity index (χ2v) is 9.97. The number of amides is 2. The maximum Gasteiger partial charge on any atom is 0.321 e. The van der Waals surface area contributed by atoms with Crippen LogP contribution in [0.25, 0.3) is 0 Å². The molecule has 0 aliphatic carbocycles.